The van der Waals surface area contributed by atoms with E-state index >= 15 is 0 Å². The lowest BCUT2D eigenvalue weighted by Crippen LogP contribution is -2.14. The topological polar surface area (TPSA) is 80.7 Å². The first-order valence-electron chi connectivity index (χ1n) is 10.9. The number of likely N-dealkylation sites (N-methyl/N-ethyl adjacent to an activating group) is 1. The highest BCUT2D eigenvalue weighted by molar-refractivity contribution is 5.89. The van der Waals surface area contributed by atoms with E-state index in [1.807, 2.05) is 36.3 Å². The number of hydrogen-bond donors (Lipinski definition) is 2. The third-order valence-corrected chi connectivity index (χ3v) is 5.68. The monoisotopic (exact) mass is 438 g/mol. The molecule has 0 amide bonds. The average Bonchev–Trinajstić information content (AvgIpc) is 3.53. The lowest BCUT2D eigenvalue weighted by molar-refractivity contribution is 0.185. The number of H-pyrrole nitrogens is 1. The van der Waals surface area contributed by atoms with Gasteiger partial charge in [-0.2, -0.15) is 5.10 Å². The summed E-state index contributed by atoms with van der Waals surface area (Å²) in [6.45, 7) is 2.28. The zero-order valence-electron chi connectivity index (χ0n) is 18.7. The maximum Gasteiger partial charge on any atom is 0.0961 e. The van der Waals surface area contributed by atoms with Gasteiger partial charge in [0, 0.05) is 53.7 Å². The smallest absolute Gasteiger partial charge is 0.0961 e. The molecule has 0 aliphatic heterocycles. The van der Waals surface area contributed by atoms with E-state index in [0.29, 0.717) is 6.61 Å². The molecule has 0 aliphatic rings. The van der Waals surface area contributed by atoms with Crippen LogP contribution in [0.4, 0.5) is 0 Å². The van der Waals surface area contributed by atoms with Gasteiger partial charge in [0.1, 0.15) is 0 Å². The van der Waals surface area contributed by atoms with Crippen molar-refractivity contribution in [1.29, 1.82) is 0 Å². The molecule has 0 spiro atoms. The molecular weight excluding hydrogens is 412 g/mol. The predicted molar refractivity (Wildman–Crippen MR) is 131 cm³/mol. The van der Waals surface area contributed by atoms with Gasteiger partial charge in [-0.25, -0.2) is 4.98 Å². The van der Waals surface area contributed by atoms with E-state index in [4.69, 9.17) is 4.74 Å². The van der Waals surface area contributed by atoms with Gasteiger partial charge in [0.25, 0.3) is 0 Å². The Morgan fingerprint density at radius 3 is 2.76 bits per heavy atom. The summed E-state index contributed by atoms with van der Waals surface area (Å²) in [7, 11) is 3.65. The van der Waals surface area contributed by atoms with E-state index < -0.39 is 0 Å². The molecule has 0 atom stereocenters. The minimum Gasteiger partial charge on any atom is -0.380 e. The lowest BCUT2D eigenvalue weighted by atomic mass is 10.0. The summed E-state index contributed by atoms with van der Waals surface area (Å²) in [5, 5.41) is 8.67. The summed E-state index contributed by atoms with van der Waals surface area (Å²) < 4.78 is 7.23. The maximum absolute atomic E-state index is 5.29. The molecule has 33 heavy (non-hydrogen) atoms. The molecule has 2 N–H and O–H groups in total. The number of ether oxygens (including phenoxy) is 1. The van der Waals surface area contributed by atoms with Crippen LogP contribution in [0.25, 0.3) is 44.5 Å². The zero-order chi connectivity index (χ0) is 22.6. The Balaban J connectivity index is 1.50. The highest BCUT2D eigenvalue weighted by atomic mass is 16.5. The van der Waals surface area contributed by atoms with Crippen molar-refractivity contribution in [1.82, 2.24) is 30.0 Å². The first kappa shape index (κ1) is 21.1. The maximum atomic E-state index is 5.29. The number of rotatable bonds is 8. The van der Waals surface area contributed by atoms with E-state index in [0.717, 1.165) is 63.2 Å². The molecule has 0 saturated carbocycles. The minimum absolute atomic E-state index is 0.577. The van der Waals surface area contributed by atoms with Gasteiger partial charge in [0.15, 0.2) is 0 Å². The number of nitrogens with one attached hydrogen (secondary N) is 2. The van der Waals surface area contributed by atoms with Crippen LogP contribution in [0.5, 0.6) is 0 Å². The fourth-order valence-electron chi connectivity index (χ4n) is 4.01. The largest absolute Gasteiger partial charge is 0.380 e. The van der Waals surface area contributed by atoms with Crippen LogP contribution in [-0.2, 0) is 17.9 Å². The van der Waals surface area contributed by atoms with Gasteiger partial charge in [0.05, 0.1) is 42.6 Å². The Morgan fingerprint density at radius 1 is 0.970 bits per heavy atom. The average molecular weight is 439 g/mol. The van der Waals surface area contributed by atoms with Gasteiger partial charge in [-0.05, 0) is 36.9 Å². The van der Waals surface area contributed by atoms with Crippen LogP contribution < -0.4 is 5.32 Å². The molecule has 0 saturated heterocycles. The third-order valence-electron chi connectivity index (χ3n) is 5.68. The van der Waals surface area contributed by atoms with Crippen LogP contribution in [0.3, 0.4) is 0 Å². The van der Waals surface area contributed by atoms with Gasteiger partial charge in [-0.3, -0.25) is 9.67 Å². The number of benzene rings is 2. The fourth-order valence-corrected chi connectivity index (χ4v) is 4.01. The van der Waals surface area contributed by atoms with Crippen molar-refractivity contribution in [3.05, 3.63) is 79.0 Å². The van der Waals surface area contributed by atoms with Crippen molar-refractivity contribution in [2.45, 2.75) is 13.2 Å². The first-order chi connectivity index (χ1) is 16.2. The molecule has 0 unspecified atom stereocenters. The number of hydrogen-bond acceptors (Lipinski definition) is 5. The van der Waals surface area contributed by atoms with E-state index in [1.54, 1.807) is 13.4 Å². The van der Waals surface area contributed by atoms with Gasteiger partial charge >= 0.3 is 0 Å². The van der Waals surface area contributed by atoms with Crippen molar-refractivity contribution in [3.63, 3.8) is 0 Å². The van der Waals surface area contributed by atoms with Crippen molar-refractivity contribution in [3.8, 4) is 33.6 Å². The number of pyridine rings is 1. The summed E-state index contributed by atoms with van der Waals surface area (Å²) in [4.78, 5) is 12.6. The Morgan fingerprint density at radius 2 is 1.88 bits per heavy atom. The quantitative estimate of drug-likeness (QED) is 0.372. The van der Waals surface area contributed by atoms with Crippen molar-refractivity contribution in [2.75, 3.05) is 20.7 Å². The summed E-state index contributed by atoms with van der Waals surface area (Å²) in [5.41, 5.74) is 8.20. The number of aromatic amines is 1. The third kappa shape index (κ3) is 4.41. The standard InChI is InChI=1S/C26H26N6O/c1-27-8-9-32-15-23(14-31-32)22-12-21-11-20(6-7-24(21)28-13-22)26-25(29-17-30-26)19-5-3-4-18(10-19)16-33-2/h3-7,10-15,17,27H,8-9,16H2,1-2H3,(H,29,30). The van der Waals surface area contributed by atoms with Gasteiger partial charge in [-0.1, -0.05) is 24.3 Å². The molecule has 166 valence electrons. The molecule has 5 rings (SSSR count). The van der Waals surface area contributed by atoms with Crippen LogP contribution >= 0.6 is 0 Å². The van der Waals surface area contributed by atoms with Crippen LogP contribution in [0, 0.1) is 0 Å². The molecule has 0 bridgehead atoms. The molecule has 3 aromatic heterocycles. The van der Waals surface area contributed by atoms with Gasteiger partial charge in [0.2, 0.25) is 0 Å². The van der Waals surface area contributed by atoms with Crippen LogP contribution in [0.2, 0.25) is 0 Å². The SMILES string of the molecule is CNCCn1cc(-c2cnc3ccc(-c4nc[nH]c4-c4cccc(COC)c4)cc3c2)cn1. The normalized spacial score (nSPS) is 11.3. The molecule has 0 fully saturated rings. The second kappa shape index (κ2) is 9.36. The molecule has 5 aromatic rings. The molecule has 0 aliphatic carbocycles. The van der Waals surface area contributed by atoms with Crippen molar-refractivity contribution < 1.29 is 4.74 Å². The molecule has 7 heteroatoms. The van der Waals surface area contributed by atoms with Crippen molar-refractivity contribution >= 4 is 10.9 Å². The Bertz CT molecular complexity index is 1390. The van der Waals surface area contributed by atoms with Crippen molar-refractivity contribution in [2.24, 2.45) is 0 Å². The zero-order valence-corrected chi connectivity index (χ0v) is 18.7. The van der Waals surface area contributed by atoms with Crippen LogP contribution in [0.15, 0.2) is 73.4 Å². The second-order valence-corrected chi connectivity index (χ2v) is 7.99. The van der Waals surface area contributed by atoms with E-state index in [1.165, 1.54) is 0 Å². The van der Waals surface area contributed by atoms with E-state index in [-0.39, 0.29) is 0 Å². The highest BCUT2D eigenvalue weighted by Crippen LogP contribution is 2.32. The summed E-state index contributed by atoms with van der Waals surface area (Å²) in [6, 6.07) is 16.8. The number of fused-ring (bicyclic) bond motifs is 1. The number of nitrogens with zero attached hydrogens (tertiary/aromatic N) is 4. The minimum atomic E-state index is 0.577. The molecular formula is C26H26N6O. The number of imidazole rings is 1. The van der Waals surface area contributed by atoms with Gasteiger partial charge < -0.3 is 15.0 Å². The van der Waals surface area contributed by atoms with Gasteiger partial charge in [-0.15, -0.1) is 0 Å². The Kier molecular flexibility index (Phi) is 5.97. The first-order valence-corrected chi connectivity index (χ1v) is 10.9. The van der Waals surface area contributed by atoms with Crippen LogP contribution in [-0.4, -0.2) is 45.4 Å². The Labute approximate surface area is 192 Å². The van der Waals surface area contributed by atoms with E-state index in [2.05, 4.69) is 68.0 Å². The summed E-state index contributed by atoms with van der Waals surface area (Å²) in [5.74, 6) is 0. The fraction of sp³-hybridized carbons (Fsp3) is 0.192. The molecule has 0 radical (unpaired) electrons. The number of aromatic nitrogens is 5. The lowest BCUT2D eigenvalue weighted by Gasteiger charge is -2.08. The second-order valence-electron chi connectivity index (χ2n) is 7.99. The summed E-state index contributed by atoms with van der Waals surface area (Å²) in [6.07, 6.45) is 7.60. The summed E-state index contributed by atoms with van der Waals surface area (Å²) >= 11 is 0. The van der Waals surface area contributed by atoms with Crippen LogP contribution in [0.1, 0.15) is 5.56 Å². The highest BCUT2D eigenvalue weighted by Gasteiger charge is 2.12. The Hall–Kier alpha value is -3.81. The molecule has 3 heterocycles. The van der Waals surface area contributed by atoms with E-state index in [9.17, 15) is 0 Å². The number of methoxy groups -OCH3 is 1. The molecule has 7 nitrogen and oxygen atoms in total. The predicted octanol–water partition coefficient (Wildman–Crippen LogP) is 4.52. The molecule has 2 aromatic carbocycles.